The second-order valence-corrected chi connectivity index (χ2v) is 10.2. The van der Waals surface area contributed by atoms with E-state index in [-0.39, 0.29) is 23.9 Å². The van der Waals surface area contributed by atoms with Crippen molar-refractivity contribution in [3.63, 3.8) is 0 Å². The molecule has 1 N–H and O–H groups in total. The van der Waals surface area contributed by atoms with Crippen LogP contribution in [0.3, 0.4) is 0 Å². The molecule has 0 aromatic carbocycles. The molecule has 2 aliphatic rings. The van der Waals surface area contributed by atoms with Crippen molar-refractivity contribution in [1.29, 1.82) is 0 Å². The number of thiophene rings is 1. The normalized spacial score (nSPS) is 23.5. The first kappa shape index (κ1) is 21.4. The molecule has 0 spiro atoms. The summed E-state index contributed by atoms with van der Waals surface area (Å²) in [5.41, 5.74) is 0.795. The van der Waals surface area contributed by atoms with E-state index in [2.05, 4.69) is 21.8 Å². The minimum atomic E-state index is -1.01. The number of aryl methyl sites for hydroxylation is 1. The van der Waals surface area contributed by atoms with E-state index in [0.29, 0.717) is 42.9 Å². The third-order valence-corrected chi connectivity index (χ3v) is 8.08. The SMILES string of the molecule is Cn1ccc2c(=O)n(CC3(O)CCN(C(=O)C4CCCCC4c4ccsc4)CC3)cnc21. The van der Waals surface area contributed by atoms with E-state index in [9.17, 15) is 14.7 Å². The van der Waals surface area contributed by atoms with Crippen molar-refractivity contribution in [2.75, 3.05) is 13.1 Å². The van der Waals surface area contributed by atoms with Gasteiger partial charge in [0, 0.05) is 32.3 Å². The molecule has 1 saturated carbocycles. The van der Waals surface area contributed by atoms with Crippen LogP contribution in [0.4, 0.5) is 0 Å². The van der Waals surface area contributed by atoms with Gasteiger partial charge in [-0.2, -0.15) is 11.3 Å². The first-order valence-electron chi connectivity index (χ1n) is 11.5. The molecule has 1 saturated heterocycles. The largest absolute Gasteiger partial charge is 0.388 e. The van der Waals surface area contributed by atoms with Crippen LogP contribution >= 0.6 is 11.3 Å². The molecule has 7 nitrogen and oxygen atoms in total. The van der Waals surface area contributed by atoms with Crippen molar-refractivity contribution in [3.05, 3.63) is 51.3 Å². The van der Waals surface area contributed by atoms with Crippen LogP contribution in [-0.2, 0) is 18.4 Å². The average Bonchev–Trinajstić information content (AvgIpc) is 3.46. The minimum absolute atomic E-state index is 0.0388. The van der Waals surface area contributed by atoms with Gasteiger partial charge in [-0.3, -0.25) is 14.2 Å². The van der Waals surface area contributed by atoms with Crippen molar-refractivity contribution in [3.8, 4) is 0 Å². The van der Waals surface area contributed by atoms with E-state index in [4.69, 9.17) is 0 Å². The van der Waals surface area contributed by atoms with Crippen molar-refractivity contribution < 1.29 is 9.90 Å². The monoisotopic (exact) mass is 454 g/mol. The fourth-order valence-corrected chi connectivity index (χ4v) is 6.18. The molecular weight excluding hydrogens is 424 g/mol. The standard InChI is InChI=1S/C24H30N4O3S/c1-26-10-6-20-21(26)25-16-28(23(20)30)15-24(31)8-11-27(12-9-24)22(29)19-5-3-2-4-18(19)17-7-13-32-14-17/h6-7,10,13-14,16,18-19,31H,2-5,8-9,11-12,15H2,1H3. The molecule has 8 heteroatoms. The number of hydrogen-bond donors (Lipinski definition) is 1. The van der Waals surface area contributed by atoms with Crippen LogP contribution < -0.4 is 5.56 Å². The number of hydrogen-bond acceptors (Lipinski definition) is 5. The van der Waals surface area contributed by atoms with Crippen LogP contribution in [0.5, 0.6) is 0 Å². The highest BCUT2D eigenvalue weighted by Crippen LogP contribution is 2.40. The van der Waals surface area contributed by atoms with E-state index < -0.39 is 5.60 Å². The lowest BCUT2D eigenvalue weighted by atomic mass is 9.75. The molecule has 2 unspecified atom stereocenters. The topological polar surface area (TPSA) is 80.4 Å². The number of nitrogens with zero attached hydrogens (tertiary/aromatic N) is 4. The first-order chi connectivity index (χ1) is 15.5. The summed E-state index contributed by atoms with van der Waals surface area (Å²) in [6, 6.07) is 3.92. The van der Waals surface area contributed by atoms with Crippen LogP contribution in [-0.4, -0.2) is 48.7 Å². The molecular formula is C24H30N4O3S. The van der Waals surface area contributed by atoms with Gasteiger partial charge in [0.05, 0.1) is 17.5 Å². The molecule has 2 fully saturated rings. The van der Waals surface area contributed by atoms with Gasteiger partial charge in [0.1, 0.15) is 12.0 Å². The molecule has 3 aromatic rings. The molecule has 5 rings (SSSR count). The quantitative estimate of drug-likeness (QED) is 0.657. The number of likely N-dealkylation sites (tertiary alicyclic amines) is 1. The van der Waals surface area contributed by atoms with Gasteiger partial charge in [-0.15, -0.1) is 0 Å². The van der Waals surface area contributed by atoms with Gasteiger partial charge < -0.3 is 14.6 Å². The third kappa shape index (κ3) is 3.90. The summed E-state index contributed by atoms with van der Waals surface area (Å²) in [7, 11) is 1.86. The molecule has 2 atom stereocenters. The predicted octanol–water partition coefficient (Wildman–Crippen LogP) is 3.12. The molecule has 0 bridgehead atoms. The number of rotatable bonds is 4. The van der Waals surface area contributed by atoms with Gasteiger partial charge in [0.2, 0.25) is 5.91 Å². The highest BCUT2D eigenvalue weighted by Gasteiger charge is 2.39. The van der Waals surface area contributed by atoms with Crippen molar-refractivity contribution >= 4 is 28.3 Å². The Labute approximate surface area is 191 Å². The highest BCUT2D eigenvalue weighted by atomic mass is 32.1. The van der Waals surface area contributed by atoms with Gasteiger partial charge in [-0.25, -0.2) is 4.98 Å². The molecule has 1 amide bonds. The van der Waals surface area contributed by atoms with Crippen LogP contribution in [0, 0.1) is 5.92 Å². The van der Waals surface area contributed by atoms with E-state index in [1.165, 1.54) is 22.9 Å². The van der Waals surface area contributed by atoms with E-state index in [0.717, 1.165) is 19.3 Å². The molecule has 32 heavy (non-hydrogen) atoms. The van der Waals surface area contributed by atoms with Crippen LogP contribution in [0.15, 0.2) is 40.2 Å². The molecule has 170 valence electrons. The summed E-state index contributed by atoms with van der Waals surface area (Å²) >= 11 is 1.69. The number of piperidine rings is 1. The third-order valence-electron chi connectivity index (χ3n) is 7.38. The van der Waals surface area contributed by atoms with Gasteiger partial charge in [0.15, 0.2) is 0 Å². The number of aliphatic hydroxyl groups is 1. The summed E-state index contributed by atoms with van der Waals surface area (Å²) in [6.45, 7) is 1.25. The molecule has 0 radical (unpaired) electrons. The Hall–Kier alpha value is -2.45. The average molecular weight is 455 g/mol. The Kier molecular flexibility index (Phi) is 5.67. The Morgan fingerprint density at radius 1 is 1.25 bits per heavy atom. The van der Waals surface area contributed by atoms with E-state index >= 15 is 0 Å². The maximum atomic E-state index is 13.4. The van der Waals surface area contributed by atoms with Gasteiger partial charge in [-0.1, -0.05) is 12.8 Å². The first-order valence-corrected chi connectivity index (χ1v) is 12.4. The van der Waals surface area contributed by atoms with Crippen molar-refractivity contribution in [2.24, 2.45) is 13.0 Å². The zero-order valence-electron chi connectivity index (χ0n) is 18.4. The summed E-state index contributed by atoms with van der Waals surface area (Å²) in [4.78, 5) is 32.6. The van der Waals surface area contributed by atoms with E-state index in [1.807, 2.05) is 22.7 Å². The number of aromatic nitrogens is 3. The summed E-state index contributed by atoms with van der Waals surface area (Å²) in [5.74, 6) is 0.579. The maximum absolute atomic E-state index is 13.4. The summed E-state index contributed by atoms with van der Waals surface area (Å²) < 4.78 is 3.32. The fraction of sp³-hybridized carbons (Fsp3) is 0.542. The number of carbonyl (C=O) groups is 1. The van der Waals surface area contributed by atoms with Gasteiger partial charge >= 0.3 is 0 Å². The van der Waals surface area contributed by atoms with Crippen molar-refractivity contribution in [1.82, 2.24) is 19.0 Å². The second kappa shape index (κ2) is 8.48. The van der Waals surface area contributed by atoms with Crippen LogP contribution in [0.2, 0.25) is 0 Å². The zero-order chi connectivity index (χ0) is 22.3. The van der Waals surface area contributed by atoms with Crippen molar-refractivity contribution in [2.45, 2.75) is 56.6 Å². The molecule has 1 aliphatic heterocycles. The number of amides is 1. The zero-order valence-corrected chi connectivity index (χ0v) is 19.3. The lowest BCUT2D eigenvalue weighted by molar-refractivity contribution is -0.142. The summed E-state index contributed by atoms with van der Waals surface area (Å²) in [6.07, 6.45) is 8.57. The summed E-state index contributed by atoms with van der Waals surface area (Å²) in [5, 5.41) is 16.0. The van der Waals surface area contributed by atoms with E-state index in [1.54, 1.807) is 17.4 Å². The molecule has 4 heterocycles. The lowest BCUT2D eigenvalue weighted by Crippen LogP contribution is -2.51. The Bertz CT molecular complexity index is 1160. The smallest absolute Gasteiger partial charge is 0.262 e. The van der Waals surface area contributed by atoms with Crippen LogP contribution in [0.25, 0.3) is 11.0 Å². The minimum Gasteiger partial charge on any atom is -0.388 e. The Balaban J connectivity index is 1.26. The lowest BCUT2D eigenvalue weighted by Gasteiger charge is -2.41. The predicted molar refractivity (Wildman–Crippen MR) is 125 cm³/mol. The van der Waals surface area contributed by atoms with Gasteiger partial charge in [0.25, 0.3) is 5.56 Å². The van der Waals surface area contributed by atoms with Gasteiger partial charge in [-0.05, 0) is 60.1 Å². The maximum Gasteiger partial charge on any atom is 0.262 e. The molecule has 1 aliphatic carbocycles. The number of carbonyl (C=O) groups excluding carboxylic acids is 1. The number of fused-ring (bicyclic) bond motifs is 1. The Morgan fingerprint density at radius 2 is 2.03 bits per heavy atom. The Morgan fingerprint density at radius 3 is 2.78 bits per heavy atom. The second-order valence-electron chi connectivity index (χ2n) is 9.45. The highest BCUT2D eigenvalue weighted by molar-refractivity contribution is 7.08. The van der Waals surface area contributed by atoms with Crippen LogP contribution in [0.1, 0.15) is 50.0 Å². The fourth-order valence-electron chi connectivity index (χ4n) is 5.46. The molecule has 3 aromatic heterocycles.